The Labute approximate surface area is 290 Å². The second-order valence-corrected chi connectivity index (χ2v) is 12.3. The van der Waals surface area contributed by atoms with Crippen molar-refractivity contribution in [2.45, 2.75) is 0 Å². The van der Waals surface area contributed by atoms with Crippen LogP contribution in [0.2, 0.25) is 0 Å². The monoisotopic (exact) mass is 638 g/mol. The van der Waals surface area contributed by atoms with Crippen LogP contribution in [-0.2, 0) is 0 Å². The van der Waals surface area contributed by atoms with E-state index in [0.717, 1.165) is 66.3 Å². The van der Waals surface area contributed by atoms with Crippen LogP contribution in [0.25, 0.3) is 89.4 Å². The molecule has 7 aromatic carbocycles. The van der Waals surface area contributed by atoms with Crippen molar-refractivity contribution in [3.63, 3.8) is 0 Å². The highest BCUT2D eigenvalue weighted by Crippen LogP contribution is 2.40. The lowest BCUT2D eigenvalue weighted by Crippen LogP contribution is -2.01. The second kappa shape index (κ2) is 12.7. The SMILES string of the molecule is c1ccc(-c2ccc(-c3nc(-c4ccccc4)nc(-c4cc5nc(-c6ccccc6)cc(-c6ccccc6)c5c5ccccc45)n3)cc2)cc1. The largest absolute Gasteiger partial charge is 0.248 e. The summed E-state index contributed by atoms with van der Waals surface area (Å²) in [7, 11) is 0. The Bertz CT molecular complexity index is 2600. The van der Waals surface area contributed by atoms with Crippen LogP contribution >= 0.6 is 0 Å². The molecule has 0 amide bonds. The lowest BCUT2D eigenvalue weighted by molar-refractivity contribution is 1.08. The zero-order valence-corrected chi connectivity index (χ0v) is 27.1. The molecule has 0 aliphatic carbocycles. The molecule has 234 valence electrons. The van der Waals surface area contributed by atoms with Gasteiger partial charge >= 0.3 is 0 Å². The first-order valence-corrected chi connectivity index (χ1v) is 16.7. The Hall–Kier alpha value is -6.78. The molecule has 0 spiro atoms. The Morgan fingerprint density at radius 1 is 0.280 bits per heavy atom. The molecule has 0 fully saturated rings. The molecule has 0 atom stereocenters. The zero-order chi connectivity index (χ0) is 33.3. The van der Waals surface area contributed by atoms with E-state index in [9.17, 15) is 0 Å². The molecule has 2 heterocycles. The van der Waals surface area contributed by atoms with Crippen LogP contribution in [0.5, 0.6) is 0 Å². The molecule has 4 heteroatoms. The maximum Gasteiger partial charge on any atom is 0.164 e. The Morgan fingerprint density at radius 2 is 0.720 bits per heavy atom. The lowest BCUT2D eigenvalue weighted by atomic mass is 9.92. The second-order valence-electron chi connectivity index (χ2n) is 12.3. The van der Waals surface area contributed by atoms with Crippen molar-refractivity contribution in [2.75, 3.05) is 0 Å². The molecule has 9 rings (SSSR count). The van der Waals surface area contributed by atoms with E-state index in [-0.39, 0.29) is 0 Å². The van der Waals surface area contributed by atoms with Crippen LogP contribution in [0.4, 0.5) is 0 Å². The average Bonchev–Trinajstić information content (AvgIpc) is 3.21. The first-order valence-electron chi connectivity index (χ1n) is 16.7. The highest BCUT2D eigenvalue weighted by molar-refractivity contribution is 6.18. The molecule has 0 aliphatic rings. The molecule has 0 unspecified atom stereocenters. The molecule has 0 radical (unpaired) electrons. The Kier molecular flexibility index (Phi) is 7.45. The van der Waals surface area contributed by atoms with Crippen molar-refractivity contribution in [3.8, 4) is 67.7 Å². The van der Waals surface area contributed by atoms with Crippen LogP contribution in [0.1, 0.15) is 0 Å². The van der Waals surface area contributed by atoms with Gasteiger partial charge in [0.25, 0.3) is 0 Å². The molecule has 0 N–H and O–H groups in total. The molecule has 9 aromatic rings. The Balaban J connectivity index is 1.29. The number of hydrogen-bond acceptors (Lipinski definition) is 4. The highest BCUT2D eigenvalue weighted by atomic mass is 15.0. The summed E-state index contributed by atoms with van der Waals surface area (Å²) in [4.78, 5) is 20.6. The number of fused-ring (bicyclic) bond motifs is 3. The summed E-state index contributed by atoms with van der Waals surface area (Å²) in [5.41, 5.74) is 10.2. The minimum atomic E-state index is 0.604. The normalized spacial score (nSPS) is 11.2. The van der Waals surface area contributed by atoms with Gasteiger partial charge in [0.05, 0.1) is 11.2 Å². The molecule has 0 saturated heterocycles. The Morgan fingerprint density at radius 3 is 1.34 bits per heavy atom. The molecule has 0 saturated carbocycles. The number of nitrogens with zero attached hydrogens (tertiary/aromatic N) is 4. The van der Waals surface area contributed by atoms with Gasteiger partial charge in [0, 0.05) is 27.6 Å². The van der Waals surface area contributed by atoms with Crippen molar-refractivity contribution in [3.05, 3.63) is 182 Å². The van der Waals surface area contributed by atoms with E-state index in [1.807, 2.05) is 42.5 Å². The van der Waals surface area contributed by atoms with Crippen molar-refractivity contribution in [2.24, 2.45) is 0 Å². The van der Waals surface area contributed by atoms with Crippen molar-refractivity contribution in [1.82, 2.24) is 19.9 Å². The van der Waals surface area contributed by atoms with Crippen molar-refractivity contribution < 1.29 is 0 Å². The molecule has 0 aliphatic heterocycles. The standard InChI is InChI=1S/C46H30N4/c1-5-15-31(16-6-1)32-25-27-36(28-26-32)45-48-44(35-21-11-4-12-22-35)49-46(50-45)40-30-42-43(38-24-14-13-23-37(38)40)39(33-17-7-2-8-18-33)29-41(47-42)34-19-9-3-10-20-34/h1-30H. The van der Waals surface area contributed by atoms with Crippen LogP contribution < -0.4 is 0 Å². The van der Waals surface area contributed by atoms with E-state index in [1.54, 1.807) is 0 Å². The summed E-state index contributed by atoms with van der Waals surface area (Å²) in [5.74, 6) is 1.85. The van der Waals surface area contributed by atoms with E-state index >= 15 is 0 Å². The minimum absolute atomic E-state index is 0.604. The third-order valence-electron chi connectivity index (χ3n) is 9.13. The van der Waals surface area contributed by atoms with E-state index in [2.05, 4.69) is 140 Å². The van der Waals surface area contributed by atoms with Gasteiger partial charge in [-0.05, 0) is 45.2 Å². The zero-order valence-electron chi connectivity index (χ0n) is 27.1. The number of pyridine rings is 1. The fourth-order valence-corrected chi connectivity index (χ4v) is 6.67. The molecular weight excluding hydrogens is 609 g/mol. The van der Waals surface area contributed by atoms with E-state index in [1.165, 1.54) is 5.56 Å². The van der Waals surface area contributed by atoms with Gasteiger partial charge in [0.1, 0.15) is 0 Å². The minimum Gasteiger partial charge on any atom is -0.248 e. The van der Waals surface area contributed by atoms with Gasteiger partial charge < -0.3 is 0 Å². The fraction of sp³-hybridized carbons (Fsp3) is 0. The molecule has 0 bridgehead atoms. The molecule has 50 heavy (non-hydrogen) atoms. The third kappa shape index (κ3) is 5.49. The first-order chi connectivity index (χ1) is 24.8. The van der Waals surface area contributed by atoms with Crippen LogP contribution in [0, 0.1) is 0 Å². The van der Waals surface area contributed by atoms with E-state index < -0.39 is 0 Å². The predicted molar refractivity (Wildman–Crippen MR) is 205 cm³/mol. The van der Waals surface area contributed by atoms with Gasteiger partial charge in [0.2, 0.25) is 0 Å². The summed E-state index contributed by atoms with van der Waals surface area (Å²) in [6, 6.07) is 62.7. The van der Waals surface area contributed by atoms with Gasteiger partial charge in [-0.3, -0.25) is 0 Å². The smallest absolute Gasteiger partial charge is 0.164 e. The van der Waals surface area contributed by atoms with Gasteiger partial charge in [-0.15, -0.1) is 0 Å². The van der Waals surface area contributed by atoms with Crippen LogP contribution in [-0.4, -0.2) is 19.9 Å². The van der Waals surface area contributed by atoms with Gasteiger partial charge in [-0.2, -0.15) is 0 Å². The summed E-state index contributed by atoms with van der Waals surface area (Å²) in [5, 5.41) is 3.26. The van der Waals surface area contributed by atoms with Gasteiger partial charge in [-0.25, -0.2) is 19.9 Å². The molecular formula is C46H30N4. The quantitative estimate of drug-likeness (QED) is 0.170. The van der Waals surface area contributed by atoms with Gasteiger partial charge in [0.15, 0.2) is 17.5 Å². The predicted octanol–water partition coefficient (Wildman–Crippen LogP) is 11.6. The van der Waals surface area contributed by atoms with E-state index in [0.29, 0.717) is 17.5 Å². The van der Waals surface area contributed by atoms with Crippen LogP contribution in [0.15, 0.2) is 182 Å². The third-order valence-corrected chi connectivity index (χ3v) is 9.13. The van der Waals surface area contributed by atoms with Gasteiger partial charge in [-0.1, -0.05) is 170 Å². The molecule has 2 aromatic heterocycles. The maximum atomic E-state index is 5.30. The summed E-state index contributed by atoms with van der Waals surface area (Å²) in [6.07, 6.45) is 0. The summed E-state index contributed by atoms with van der Waals surface area (Å²) >= 11 is 0. The molecule has 4 nitrogen and oxygen atoms in total. The first kappa shape index (κ1) is 29.4. The van der Waals surface area contributed by atoms with E-state index in [4.69, 9.17) is 19.9 Å². The summed E-state index contributed by atoms with van der Waals surface area (Å²) in [6.45, 7) is 0. The maximum absolute atomic E-state index is 5.30. The average molecular weight is 639 g/mol. The number of benzene rings is 7. The summed E-state index contributed by atoms with van der Waals surface area (Å²) < 4.78 is 0. The number of aromatic nitrogens is 4. The van der Waals surface area contributed by atoms with Crippen LogP contribution in [0.3, 0.4) is 0 Å². The lowest BCUT2D eigenvalue weighted by Gasteiger charge is -2.16. The topological polar surface area (TPSA) is 51.6 Å². The highest BCUT2D eigenvalue weighted by Gasteiger charge is 2.19. The number of hydrogen-bond donors (Lipinski definition) is 0. The van der Waals surface area contributed by atoms with Crippen molar-refractivity contribution in [1.29, 1.82) is 0 Å². The van der Waals surface area contributed by atoms with Crippen molar-refractivity contribution >= 4 is 21.7 Å². The number of rotatable bonds is 6. The fourth-order valence-electron chi connectivity index (χ4n) is 6.67.